The molecular weight excluding hydrogens is 1300 g/mol. The maximum Gasteiger partial charge on any atom is 0.296 e. The number of fused-ring (bicyclic) bond motifs is 1. The minimum Gasteiger partial charge on any atom is -0.505 e. The van der Waals surface area contributed by atoms with Gasteiger partial charge in [-0.05, 0) is 138 Å². The number of phenols is 1. The van der Waals surface area contributed by atoms with Gasteiger partial charge in [-0.2, -0.15) is 70.4 Å². The van der Waals surface area contributed by atoms with Crippen LogP contribution in [0.15, 0.2) is 145 Å². The third kappa shape index (κ3) is 15.4. The van der Waals surface area contributed by atoms with E-state index in [1.807, 2.05) is 0 Å². The Morgan fingerprint density at radius 1 is 0.482 bits per heavy atom. The average Bonchev–Trinajstić information content (AvgIpc) is 1.19. The van der Waals surface area contributed by atoms with Crippen molar-refractivity contribution in [1.82, 2.24) is 29.9 Å². The van der Waals surface area contributed by atoms with Gasteiger partial charge in [0.2, 0.25) is 33.7 Å². The number of nitrogens with zero attached hydrogens (tertiary/aromatic N) is 10. The predicted octanol–water partition coefficient (Wildman–Crippen LogP) is 6.17. The molecule has 0 aliphatic rings. The minimum absolute atomic E-state index is 0. The number of aryl methyl sites for hydroxylation is 2. The zero-order valence-electron chi connectivity index (χ0n) is 42.4. The van der Waals surface area contributed by atoms with Crippen LogP contribution in [0.1, 0.15) is 11.1 Å². The van der Waals surface area contributed by atoms with Crippen LogP contribution in [-0.2, 0) is 60.7 Å². The van der Waals surface area contributed by atoms with Gasteiger partial charge in [-0.25, -0.2) is 9.98 Å². The second kappa shape index (κ2) is 24.2. The fourth-order valence-electron chi connectivity index (χ4n) is 7.39. The van der Waals surface area contributed by atoms with Gasteiger partial charge in [0, 0.05) is 40.9 Å². The molecule has 0 unspecified atom stereocenters. The summed E-state index contributed by atoms with van der Waals surface area (Å²) >= 11 is 12.3. The van der Waals surface area contributed by atoms with Gasteiger partial charge in [0.15, 0.2) is 5.75 Å². The maximum absolute atomic E-state index is 12.9. The molecule has 1 radical (unpaired) electrons. The number of hydrogen-bond donors (Lipinski definition) is 12. The number of nitrogens with one attached hydrogen (secondary N) is 4. The summed E-state index contributed by atoms with van der Waals surface area (Å²) in [6.45, 7) is 2.98. The van der Waals surface area contributed by atoms with E-state index < -0.39 is 146 Å². The Bertz CT molecular complexity index is 4770. The number of hydrogen-bond acceptors (Lipinski definition) is 26. The third-order valence-electron chi connectivity index (χ3n) is 11.1. The molecule has 34 nitrogen and oxygen atoms in total. The summed E-state index contributed by atoms with van der Waals surface area (Å²) in [5, 5.41) is 29.8. The molecule has 0 amide bonds. The first-order valence-electron chi connectivity index (χ1n) is 22.0. The number of aromatic hydroxyl groups is 1. The molecule has 8 aromatic rings. The Hall–Kier alpha value is -7.36. The van der Waals surface area contributed by atoms with E-state index in [1.165, 1.54) is 26.0 Å². The predicted molar refractivity (Wildman–Crippen MR) is 298 cm³/mol. The Labute approximate surface area is 509 Å². The molecule has 0 fully saturated rings. The Morgan fingerprint density at radius 2 is 0.859 bits per heavy atom. The number of nitrogens with two attached hydrogens (primary N) is 1. The maximum atomic E-state index is 12.9. The number of nitrogen functional groups attached to an aromatic ring is 1. The smallest absolute Gasteiger partial charge is 0.296 e. The van der Waals surface area contributed by atoms with Crippen LogP contribution in [0.3, 0.4) is 0 Å². The summed E-state index contributed by atoms with van der Waals surface area (Å²) in [7, 11) is -30.7. The number of aromatic nitrogens is 6. The van der Waals surface area contributed by atoms with Gasteiger partial charge in [0.1, 0.15) is 42.3 Å². The SMILES string of the molecule is Cc1cc(S(=O)(=O)O)ccc1Nc1nc(Cl)nc(=Nc2ccc(S(=O)(=O)O)c(N=Nc3c(S(=O)(=O)O)cc4cc(S(=O)(=O)O)c(N=Nc5cc(N=c6nc(Cl)nc(Nc7ccc(S(=O)(=O)O)cc7C)[nH]6)ccc5S(=O)(=O)O)c(O)c4c3N)c2)[nH]1.[Na]. The Balaban J connectivity index is 0.0000104. The summed E-state index contributed by atoms with van der Waals surface area (Å²) in [4.78, 5) is 24.0. The van der Waals surface area contributed by atoms with Crippen LogP contribution in [-0.4, -0.2) is 142 Å². The molecule has 0 aliphatic carbocycles. The van der Waals surface area contributed by atoms with Gasteiger partial charge < -0.3 is 21.5 Å². The van der Waals surface area contributed by atoms with E-state index in [9.17, 15) is 82.9 Å². The van der Waals surface area contributed by atoms with Gasteiger partial charge >= 0.3 is 0 Å². The van der Waals surface area contributed by atoms with E-state index in [2.05, 4.69) is 71.0 Å². The van der Waals surface area contributed by atoms with Crippen LogP contribution in [0.25, 0.3) is 10.8 Å². The molecule has 0 saturated heterocycles. The molecule has 85 heavy (non-hydrogen) atoms. The van der Waals surface area contributed by atoms with E-state index in [0.717, 1.165) is 60.7 Å². The Kier molecular flexibility index (Phi) is 18.6. The first-order valence-corrected chi connectivity index (χ1v) is 31.4. The number of H-pyrrole nitrogens is 2. The number of benzene rings is 6. The summed E-state index contributed by atoms with van der Waals surface area (Å²) in [6, 6.07) is 13.2. The summed E-state index contributed by atoms with van der Waals surface area (Å²) < 4.78 is 208. The second-order valence-electron chi connectivity index (χ2n) is 16.9. The third-order valence-corrected chi connectivity index (χ3v) is 16.6. The average molecular weight is 1340 g/mol. The first-order chi connectivity index (χ1) is 38.8. The van der Waals surface area contributed by atoms with Crippen molar-refractivity contribution in [3.8, 4) is 5.75 Å². The Morgan fingerprint density at radius 3 is 1.22 bits per heavy atom. The number of azo groups is 2. The molecule has 441 valence electrons. The summed E-state index contributed by atoms with van der Waals surface area (Å²) in [5.74, 6) is -1.67. The van der Waals surface area contributed by atoms with Gasteiger partial charge in [0.05, 0.1) is 32.2 Å². The quantitative estimate of drug-likeness (QED) is 0.0223. The zero-order valence-corrected chi connectivity index (χ0v) is 50.8. The molecular formula is C42H33Cl2N15NaO19S6. The second-order valence-corrected chi connectivity index (χ2v) is 25.9. The molecule has 0 saturated carbocycles. The van der Waals surface area contributed by atoms with Crippen LogP contribution in [0, 0.1) is 13.8 Å². The van der Waals surface area contributed by atoms with Crippen LogP contribution in [0.2, 0.25) is 10.6 Å². The summed E-state index contributed by atoms with van der Waals surface area (Å²) in [6.07, 6.45) is 0. The van der Waals surface area contributed by atoms with E-state index in [4.69, 9.17) is 28.9 Å². The van der Waals surface area contributed by atoms with Crippen molar-refractivity contribution in [3.63, 3.8) is 0 Å². The van der Waals surface area contributed by atoms with Crippen molar-refractivity contribution >= 4 is 187 Å². The van der Waals surface area contributed by atoms with Gasteiger partial charge in [-0.15, -0.1) is 20.5 Å². The zero-order chi connectivity index (χ0) is 61.8. The molecule has 0 atom stereocenters. The fraction of sp³-hybridized carbons (Fsp3) is 0.0476. The fourth-order valence-corrected chi connectivity index (χ4v) is 11.4. The van der Waals surface area contributed by atoms with Crippen LogP contribution in [0.5, 0.6) is 5.75 Å². The van der Waals surface area contributed by atoms with Crippen molar-refractivity contribution in [2.24, 2.45) is 30.4 Å². The van der Waals surface area contributed by atoms with Gasteiger partial charge in [-0.3, -0.25) is 37.3 Å². The molecule has 13 N–H and O–H groups in total. The molecule has 2 aromatic heterocycles. The van der Waals surface area contributed by atoms with E-state index in [0.29, 0.717) is 23.3 Å². The van der Waals surface area contributed by atoms with Crippen molar-refractivity contribution in [2.45, 2.75) is 43.2 Å². The van der Waals surface area contributed by atoms with E-state index >= 15 is 0 Å². The first kappa shape index (κ1) is 65.2. The van der Waals surface area contributed by atoms with Crippen LogP contribution in [0.4, 0.5) is 63.1 Å². The molecule has 43 heteroatoms. The van der Waals surface area contributed by atoms with Crippen molar-refractivity contribution < 1.29 is 82.9 Å². The minimum atomic E-state index is -5.58. The number of aromatic amines is 2. The van der Waals surface area contributed by atoms with E-state index in [-0.39, 0.29) is 75.4 Å². The van der Waals surface area contributed by atoms with Gasteiger partial charge in [0.25, 0.3) is 60.7 Å². The normalized spacial score (nSPS) is 13.2. The molecule has 0 spiro atoms. The monoisotopic (exact) mass is 1340 g/mol. The van der Waals surface area contributed by atoms with Crippen molar-refractivity contribution in [3.05, 3.63) is 118 Å². The number of anilines is 5. The molecule has 2 heterocycles. The largest absolute Gasteiger partial charge is 0.505 e. The number of rotatable bonds is 16. The number of halogens is 2. The van der Waals surface area contributed by atoms with Crippen molar-refractivity contribution in [2.75, 3.05) is 16.4 Å². The van der Waals surface area contributed by atoms with Crippen LogP contribution < -0.4 is 27.6 Å². The van der Waals surface area contributed by atoms with Crippen LogP contribution >= 0.6 is 23.2 Å². The standard InChI is InChI=1S/C42H33Cl2N15O19S6.Na/c1-17-11-22(79(61,62)63)5-7-24(17)48-41-52-37(43)50-39(54-41)46-20-3-9-28(81(67,68)69)26(15-20)56-58-34-30(83(73,74)75)13-19-14-31(84(76,77)78)35(36(60)32(19)33(34)45)59-57-27-16-21(4-10-29(27)82(70,71)72)47-40-51-38(44)53-42(55-40)49-25-8-6-23(12-18(25)2)80(64,65)66;/h3-16,60H,45H2,1-2H3,(H,61,62,63)(H,64,65,66)(H,67,68,69)(H,70,71,72)(H,73,74,75)(H,76,77,78)(H2,46,48,50,52,54)(H2,47,49,51,53,55);. The molecule has 8 rings (SSSR count). The van der Waals surface area contributed by atoms with E-state index in [1.54, 1.807) is 0 Å². The molecule has 0 aliphatic heterocycles. The number of phenolic OH excluding ortho intramolecular Hbond substituents is 1. The summed E-state index contributed by atoms with van der Waals surface area (Å²) in [5.41, 5.74) is 1.25. The van der Waals surface area contributed by atoms with Crippen molar-refractivity contribution in [1.29, 1.82) is 0 Å². The molecule has 0 bridgehead atoms. The van der Waals surface area contributed by atoms with Gasteiger partial charge in [-0.1, -0.05) is 0 Å². The topological polar surface area (TPSA) is 554 Å². The molecule has 6 aromatic carbocycles.